The molecule has 0 saturated carbocycles. The standard InChI is InChI=1S/C21H31N5OS/c1-3-4-10-16(17-11-6-5-7-12-17)13-8-9-14-24-19(27)18-15(2)25-21(28-18)26-20(22)23/h5-7,11-12,16H,3-4,8-10,13-14H2,1-2H3,(H,24,27)(H4,22,23,25,26). The third kappa shape index (κ3) is 6.96. The minimum absolute atomic E-state index is 0.0586. The number of carbonyl (C=O) groups is 1. The molecule has 152 valence electrons. The number of nitrogens with two attached hydrogens (primary N) is 2. The van der Waals surface area contributed by atoms with Crippen molar-refractivity contribution >= 4 is 28.3 Å². The lowest BCUT2D eigenvalue weighted by atomic mass is 9.89. The van der Waals surface area contributed by atoms with Crippen LogP contribution in [0.1, 0.15) is 72.3 Å². The van der Waals surface area contributed by atoms with Crippen LogP contribution in [0.5, 0.6) is 0 Å². The van der Waals surface area contributed by atoms with E-state index in [-0.39, 0.29) is 11.9 Å². The molecule has 1 aromatic carbocycles. The zero-order valence-corrected chi connectivity index (χ0v) is 17.6. The SMILES string of the molecule is CCCCC(CCCCNC(=O)c1sc(N=C(N)N)nc1C)c1ccccc1. The number of unbranched alkanes of at least 4 members (excludes halogenated alkanes) is 2. The van der Waals surface area contributed by atoms with Gasteiger partial charge in [-0.05, 0) is 37.7 Å². The van der Waals surface area contributed by atoms with Gasteiger partial charge in [-0.1, -0.05) is 67.9 Å². The lowest BCUT2D eigenvalue weighted by Crippen LogP contribution is -2.24. The first-order chi connectivity index (χ1) is 13.5. The van der Waals surface area contributed by atoms with Crippen molar-refractivity contribution in [1.29, 1.82) is 0 Å². The maximum Gasteiger partial charge on any atom is 0.263 e. The summed E-state index contributed by atoms with van der Waals surface area (Å²) in [5, 5.41) is 3.39. The van der Waals surface area contributed by atoms with E-state index in [1.54, 1.807) is 6.92 Å². The van der Waals surface area contributed by atoms with Gasteiger partial charge in [0.1, 0.15) is 4.88 Å². The Kier molecular flexibility index (Phi) is 8.94. The molecule has 1 atom stereocenters. The maximum absolute atomic E-state index is 12.4. The fourth-order valence-electron chi connectivity index (χ4n) is 3.20. The topological polar surface area (TPSA) is 106 Å². The van der Waals surface area contributed by atoms with Crippen molar-refractivity contribution in [1.82, 2.24) is 10.3 Å². The predicted molar refractivity (Wildman–Crippen MR) is 117 cm³/mol. The summed E-state index contributed by atoms with van der Waals surface area (Å²) in [5.41, 5.74) is 12.8. The minimum Gasteiger partial charge on any atom is -0.370 e. The Balaban J connectivity index is 1.79. The summed E-state index contributed by atoms with van der Waals surface area (Å²) >= 11 is 1.20. The quantitative estimate of drug-likeness (QED) is 0.297. The molecule has 0 aliphatic rings. The Bertz CT molecular complexity index is 768. The van der Waals surface area contributed by atoms with Gasteiger partial charge in [-0.15, -0.1) is 0 Å². The van der Waals surface area contributed by atoms with E-state index in [9.17, 15) is 4.79 Å². The number of thiazole rings is 1. The number of amides is 1. The van der Waals surface area contributed by atoms with E-state index in [1.807, 2.05) is 0 Å². The summed E-state index contributed by atoms with van der Waals surface area (Å²) in [5.74, 6) is 0.428. The van der Waals surface area contributed by atoms with Gasteiger partial charge in [0.2, 0.25) is 5.13 Å². The van der Waals surface area contributed by atoms with Crippen molar-refractivity contribution < 1.29 is 4.79 Å². The van der Waals surface area contributed by atoms with Gasteiger partial charge in [0.15, 0.2) is 5.96 Å². The Labute approximate surface area is 171 Å². The lowest BCUT2D eigenvalue weighted by molar-refractivity contribution is 0.0956. The largest absolute Gasteiger partial charge is 0.370 e. The number of hydrogen-bond acceptors (Lipinski definition) is 4. The average molecular weight is 402 g/mol. The van der Waals surface area contributed by atoms with E-state index in [1.165, 1.54) is 36.2 Å². The first-order valence-electron chi connectivity index (χ1n) is 9.91. The molecule has 28 heavy (non-hydrogen) atoms. The van der Waals surface area contributed by atoms with Crippen molar-refractivity contribution in [2.24, 2.45) is 16.5 Å². The molecule has 0 radical (unpaired) electrons. The number of rotatable bonds is 11. The lowest BCUT2D eigenvalue weighted by Gasteiger charge is -2.17. The zero-order chi connectivity index (χ0) is 20.4. The third-order valence-corrected chi connectivity index (χ3v) is 5.71. The molecule has 1 unspecified atom stereocenters. The average Bonchev–Trinajstić information content (AvgIpc) is 3.04. The first kappa shape index (κ1) is 21.9. The van der Waals surface area contributed by atoms with E-state index < -0.39 is 0 Å². The molecule has 0 bridgehead atoms. The summed E-state index contributed by atoms with van der Waals surface area (Å²) in [6, 6.07) is 10.7. The second-order valence-corrected chi connectivity index (χ2v) is 7.93. The second-order valence-electron chi connectivity index (χ2n) is 6.95. The summed E-state index contributed by atoms with van der Waals surface area (Å²) in [6.07, 6.45) is 6.88. The number of guanidine groups is 1. The van der Waals surface area contributed by atoms with Crippen molar-refractivity contribution in [2.45, 2.75) is 58.3 Å². The molecular weight excluding hydrogens is 370 g/mol. The van der Waals surface area contributed by atoms with Crippen LogP contribution in [0, 0.1) is 6.92 Å². The Hall–Kier alpha value is -2.41. The van der Waals surface area contributed by atoms with Gasteiger partial charge in [0.05, 0.1) is 5.69 Å². The number of aromatic nitrogens is 1. The second kappa shape index (κ2) is 11.4. The molecule has 0 fully saturated rings. The zero-order valence-electron chi connectivity index (χ0n) is 16.8. The number of nitrogens with zero attached hydrogens (tertiary/aromatic N) is 2. The molecule has 1 aromatic heterocycles. The molecule has 0 spiro atoms. The van der Waals surface area contributed by atoms with Gasteiger partial charge < -0.3 is 16.8 Å². The fraction of sp³-hybridized carbons (Fsp3) is 0.476. The molecule has 0 saturated heterocycles. The molecule has 1 amide bonds. The summed E-state index contributed by atoms with van der Waals surface area (Å²) in [6.45, 7) is 4.68. The number of nitrogens with one attached hydrogen (secondary N) is 1. The van der Waals surface area contributed by atoms with Gasteiger partial charge in [-0.3, -0.25) is 4.79 Å². The van der Waals surface area contributed by atoms with E-state index in [4.69, 9.17) is 11.5 Å². The highest BCUT2D eigenvalue weighted by Gasteiger charge is 2.15. The van der Waals surface area contributed by atoms with Crippen LogP contribution in [0.15, 0.2) is 35.3 Å². The highest BCUT2D eigenvalue weighted by Crippen LogP contribution is 2.27. The normalized spacial score (nSPS) is 11.8. The van der Waals surface area contributed by atoms with Crippen LogP contribution >= 0.6 is 11.3 Å². The van der Waals surface area contributed by atoms with Crippen LogP contribution in [0.25, 0.3) is 0 Å². The molecule has 5 N–H and O–H groups in total. The molecule has 7 heteroatoms. The molecule has 0 aliphatic carbocycles. The van der Waals surface area contributed by atoms with Crippen molar-refractivity contribution in [2.75, 3.05) is 6.54 Å². The first-order valence-corrected chi connectivity index (χ1v) is 10.7. The van der Waals surface area contributed by atoms with Crippen molar-refractivity contribution in [3.05, 3.63) is 46.5 Å². The third-order valence-electron chi connectivity index (χ3n) is 4.66. The predicted octanol–water partition coefficient (Wildman–Crippen LogP) is 4.23. The van der Waals surface area contributed by atoms with Gasteiger partial charge in [0, 0.05) is 6.54 Å². The molecule has 1 heterocycles. The Morgan fingerprint density at radius 1 is 1.18 bits per heavy atom. The van der Waals surface area contributed by atoms with Crippen molar-refractivity contribution in [3.8, 4) is 0 Å². The Morgan fingerprint density at radius 3 is 2.57 bits per heavy atom. The van der Waals surface area contributed by atoms with Gasteiger partial charge in [0.25, 0.3) is 5.91 Å². The fourth-order valence-corrected chi connectivity index (χ4v) is 4.08. The Morgan fingerprint density at radius 2 is 1.89 bits per heavy atom. The van der Waals surface area contributed by atoms with Crippen LogP contribution in [0.2, 0.25) is 0 Å². The smallest absolute Gasteiger partial charge is 0.263 e. The highest BCUT2D eigenvalue weighted by atomic mass is 32.1. The number of aliphatic imine (C=N–C) groups is 1. The van der Waals surface area contributed by atoms with Crippen LogP contribution in [0.3, 0.4) is 0 Å². The highest BCUT2D eigenvalue weighted by molar-refractivity contribution is 7.17. The van der Waals surface area contributed by atoms with Crippen LogP contribution in [-0.4, -0.2) is 23.4 Å². The molecule has 2 aromatic rings. The van der Waals surface area contributed by atoms with Crippen LogP contribution in [-0.2, 0) is 0 Å². The van der Waals surface area contributed by atoms with Crippen LogP contribution < -0.4 is 16.8 Å². The number of benzene rings is 1. The minimum atomic E-state index is -0.113. The molecular formula is C21H31N5OS. The van der Waals surface area contributed by atoms with Crippen LogP contribution in [0.4, 0.5) is 5.13 Å². The van der Waals surface area contributed by atoms with Gasteiger partial charge in [-0.25, -0.2) is 4.98 Å². The molecule has 2 rings (SSSR count). The van der Waals surface area contributed by atoms with Gasteiger partial charge in [-0.2, -0.15) is 4.99 Å². The maximum atomic E-state index is 12.4. The summed E-state index contributed by atoms with van der Waals surface area (Å²) < 4.78 is 0. The number of carbonyl (C=O) groups excluding carboxylic acids is 1. The van der Waals surface area contributed by atoms with E-state index in [0.29, 0.717) is 28.2 Å². The van der Waals surface area contributed by atoms with E-state index >= 15 is 0 Å². The number of aryl methyl sites for hydroxylation is 1. The van der Waals surface area contributed by atoms with E-state index in [2.05, 4.69) is 52.5 Å². The van der Waals surface area contributed by atoms with Gasteiger partial charge >= 0.3 is 0 Å². The van der Waals surface area contributed by atoms with E-state index in [0.717, 1.165) is 19.3 Å². The monoisotopic (exact) mass is 401 g/mol. The molecule has 0 aliphatic heterocycles. The molecule has 6 nitrogen and oxygen atoms in total. The summed E-state index contributed by atoms with van der Waals surface area (Å²) in [7, 11) is 0. The summed E-state index contributed by atoms with van der Waals surface area (Å²) in [4.78, 5) is 21.1. The van der Waals surface area contributed by atoms with Crippen molar-refractivity contribution in [3.63, 3.8) is 0 Å². The number of hydrogen-bond donors (Lipinski definition) is 3.